The topological polar surface area (TPSA) is 101 Å². The molecule has 0 fully saturated rings. The molecule has 0 radical (unpaired) electrons. The molecule has 0 heterocycles. The number of hydrogen-bond donors (Lipinski definition) is 2. The molecule has 0 aromatic heterocycles. The van der Waals surface area contributed by atoms with Crippen LogP contribution in [0.5, 0.6) is 0 Å². The fourth-order valence-corrected chi connectivity index (χ4v) is 2.05. The van der Waals surface area contributed by atoms with Crippen LogP contribution in [0.4, 0.5) is 0 Å². The summed E-state index contributed by atoms with van der Waals surface area (Å²) >= 11 is 0. The van der Waals surface area contributed by atoms with Gasteiger partial charge in [0.05, 0.1) is 5.92 Å². The van der Waals surface area contributed by atoms with Crippen molar-refractivity contribution < 1.29 is 23.1 Å². The van der Waals surface area contributed by atoms with E-state index in [-0.39, 0.29) is 6.54 Å². The fourth-order valence-electron chi connectivity index (χ4n) is 1.57. The lowest BCUT2D eigenvalue weighted by Crippen LogP contribution is -2.40. The van der Waals surface area contributed by atoms with E-state index in [1.807, 2.05) is 0 Å². The number of amides is 1. The van der Waals surface area contributed by atoms with E-state index in [0.717, 1.165) is 6.26 Å². The molecule has 0 saturated heterocycles. The third-order valence-corrected chi connectivity index (χ3v) is 4.49. The second-order valence-corrected chi connectivity index (χ2v) is 6.88. The summed E-state index contributed by atoms with van der Waals surface area (Å²) in [7, 11) is -3.49. The largest absolute Gasteiger partial charge is 0.481 e. The summed E-state index contributed by atoms with van der Waals surface area (Å²) in [5, 5.41) is 10.3. The van der Waals surface area contributed by atoms with Crippen LogP contribution >= 0.6 is 0 Å². The van der Waals surface area contributed by atoms with Crippen LogP contribution in [-0.2, 0) is 19.4 Å². The van der Waals surface area contributed by atoms with Crippen LogP contribution in [0.2, 0.25) is 0 Å². The van der Waals surface area contributed by atoms with Gasteiger partial charge in [-0.25, -0.2) is 8.42 Å². The van der Waals surface area contributed by atoms with Gasteiger partial charge in [0, 0.05) is 12.8 Å². The smallest absolute Gasteiger partial charge is 0.312 e. The van der Waals surface area contributed by atoms with E-state index in [9.17, 15) is 18.0 Å². The maximum atomic E-state index is 11.7. The molecule has 2 unspecified atom stereocenters. The molecule has 6 nitrogen and oxygen atoms in total. The van der Waals surface area contributed by atoms with Crippen molar-refractivity contribution in [1.29, 1.82) is 0 Å². The summed E-state index contributed by atoms with van der Waals surface area (Å²) in [6.07, 6.45) is 0.961. The van der Waals surface area contributed by atoms with Gasteiger partial charge in [0.1, 0.15) is 5.25 Å². The molecule has 0 aliphatic heterocycles. The Hall–Kier alpha value is -1.89. The van der Waals surface area contributed by atoms with E-state index in [1.54, 1.807) is 30.3 Å². The highest BCUT2D eigenvalue weighted by molar-refractivity contribution is 7.92. The second-order valence-electron chi connectivity index (χ2n) is 4.52. The lowest BCUT2D eigenvalue weighted by molar-refractivity contribution is -0.138. The van der Waals surface area contributed by atoms with E-state index in [2.05, 4.69) is 5.32 Å². The number of carbonyl (C=O) groups is 2. The van der Waals surface area contributed by atoms with Crippen LogP contribution < -0.4 is 5.32 Å². The first-order valence-corrected chi connectivity index (χ1v) is 7.93. The van der Waals surface area contributed by atoms with Gasteiger partial charge in [0.15, 0.2) is 9.84 Å². The molecule has 1 aromatic rings. The lowest BCUT2D eigenvalue weighted by atomic mass is 9.99. The number of rotatable bonds is 6. The van der Waals surface area contributed by atoms with Crippen molar-refractivity contribution in [2.45, 2.75) is 18.1 Å². The van der Waals surface area contributed by atoms with Crippen molar-refractivity contribution in [1.82, 2.24) is 5.32 Å². The van der Waals surface area contributed by atoms with Crippen molar-refractivity contribution in [3.05, 3.63) is 35.9 Å². The highest BCUT2D eigenvalue weighted by atomic mass is 32.2. The van der Waals surface area contributed by atoms with Gasteiger partial charge in [-0.15, -0.1) is 0 Å². The maximum Gasteiger partial charge on any atom is 0.312 e. The molecule has 2 atom stereocenters. The Morgan fingerprint density at radius 2 is 1.80 bits per heavy atom. The summed E-state index contributed by atoms with van der Waals surface area (Å²) in [5.41, 5.74) is 0.548. The third kappa shape index (κ3) is 4.34. The molecule has 20 heavy (non-hydrogen) atoms. The van der Waals surface area contributed by atoms with Gasteiger partial charge in [-0.2, -0.15) is 0 Å². The van der Waals surface area contributed by atoms with E-state index < -0.39 is 32.9 Å². The first kappa shape index (κ1) is 16.2. The predicted octanol–water partition coefficient (Wildman–Crippen LogP) is 0.404. The zero-order valence-electron chi connectivity index (χ0n) is 11.2. The van der Waals surface area contributed by atoms with Gasteiger partial charge in [0.2, 0.25) is 5.91 Å². The average molecular weight is 299 g/mol. The van der Waals surface area contributed by atoms with Crippen LogP contribution in [0, 0.1) is 0 Å². The summed E-state index contributed by atoms with van der Waals surface area (Å²) in [6, 6.07) is 8.45. The van der Waals surface area contributed by atoms with Gasteiger partial charge in [0.25, 0.3) is 0 Å². The second kappa shape index (κ2) is 6.51. The lowest BCUT2D eigenvalue weighted by Gasteiger charge is -2.15. The monoisotopic (exact) mass is 299 g/mol. The minimum absolute atomic E-state index is 0.155. The Morgan fingerprint density at radius 3 is 2.25 bits per heavy atom. The SMILES string of the molecule is CC(C(=O)NCC(C(=O)O)c1ccccc1)S(C)(=O)=O. The van der Waals surface area contributed by atoms with E-state index in [1.165, 1.54) is 6.92 Å². The Bertz CT molecular complexity index is 582. The highest BCUT2D eigenvalue weighted by Crippen LogP contribution is 2.15. The Balaban J connectivity index is 2.75. The summed E-state index contributed by atoms with van der Waals surface area (Å²) in [6.45, 7) is 1.11. The first-order chi connectivity index (χ1) is 9.23. The average Bonchev–Trinajstić information content (AvgIpc) is 2.37. The van der Waals surface area contributed by atoms with Gasteiger partial charge >= 0.3 is 5.97 Å². The van der Waals surface area contributed by atoms with Crippen molar-refractivity contribution >= 4 is 21.7 Å². The van der Waals surface area contributed by atoms with Gasteiger partial charge < -0.3 is 10.4 Å². The zero-order chi connectivity index (χ0) is 15.3. The Kier molecular flexibility index (Phi) is 5.26. The molecule has 0 bridgehead atoms. The number of carboxylic acid groups (broad SMARTS) is 1. The van der Waals surface area contributed by atoms with Crippen molar-refractivity contribution in [3.63, 3.8) is 0 Å². The molecule has 0 aliphatic carbocycles. The van der Waals surface area contributed by atoms with Gasteiger partial charge in [-0.1, -0.05) is 30.3 Å². The fraction of sp³-hybridized carbons (Fsp3) is 0.385. The quantitative estimate of drug-likeness (QED) is 0.792. The summed E-state index contributed by atoms with van der Waals surface area (Å²) in [4.78, 5) is 22.9. The van der Waals surface area contributed by atoms with E-state index >= 15 is 0 Å². The Morgan fingerprint density at radius 1 is 1.25 bits per heavy atom. The number of benzene rings is 1. The Labute approximate surface area is 117 Å². The number of nitrogens with one attached hydrogen (secondary N) is 1. The number of sulfone groups is 1. The van der Waals surface area contributed by atoms with Crippen LogP contribution in [-0.4, -0.2) is 43.5 Å². The molecule has 0 saturated carbocycles. The van der Waals surface area contributed by atoms with E-state index in [4.69, 9.17) is 5.11 Å². The molecule has 7 heteroatoms. The molecule has 2 N–H and O–H groups in total. The number of carbonyl (C=O) groups excluding carboxylic acids is 1. The standard InChI is InChI=1S/C13H17NO5S/c1-9(20(2,18)19)12(15)14-8-11(13(16)17)10-6-4-3-5-7-10/h3-7,9,11H,8H2,1-2H3,(H,14,15)(H,16,17). The molecule has 0 aliphatic rings. The molecule has 1 aromatic carbocycles. The van der Waals surface area contributed by atoms with Gasteiger partial charge in [-0.05, 0) is 12.5 Å². The van der Waals surface area contributed by atoms with Crippen LogP contribution in [0.3, 0.4) is 0 Å². The molecule has 1 amide bonds. The number of hydrogen-bond acceptors (Lipinski definition) is 4. The normalized spacial score (nSPS) is 14.3. The first-order valence-electron chi connectivity index (χ1n) is 5.97. The molecular formula is C13H17NO5S. The minimum Gasteiger partial charge on any atom is -0.481 e. The number of carboxylic acids is 1. The predicted molar refractivity (Wildman–Crippen MR) is 74.1 cm³/mol. The van der Waals surface area contributed by atoms with Crippen LogP contribution in [0.15, 0.2) is 30.3 Å². The van der Waals surface area contributed by atoms with Crippen LogP contribution in [0.25, 0.3) is 0 Å². The molecule has 0 spiro atoms. The molecule has 110 valence electrons. The van der Waals surface area contributed by atoms with Gasteiger partial charge in [-0.3, -0.25) is 9.59 Å². The minimum atomic E-state index is -3.49. The van der Waals surface area contributed by atoms with E-state index in [0.29, 0.717) is 5.56 Å². The molecular weight excluding hydrogens is 282 g/mol. The zero-order valence-corrected chi connectivity index (χ0v) is 12.1. The van der Waals surface area contributed by atoms with Crippen LogP contribution in [0.1, 0.15) is 18.4 Å². The maximum absolute atomic E-state index is 11.7. The van der Waals surface area contributed by atoms with Crippen molar-refractivity contribution in [3.8, 4) is 0 Å². The third-order valence-electron chi connectivity index (χ3n) is 2.99. The number of aliphatic carboxylic acids is 1. The summed E-state index contributed by atoms with van der Waals surface area (Å²) in [5.74, 6) is -2.69. The molecule has 1 rings (SSSR count). The highest BCUT2D eigenvalue weighted by Gasteiger charge is 2.26. The summed E-state index contributed by atoms with van der Waals surface area (Å²) < 4.78 is 22.5. The van der Waals surface area contributed by atoms with Crippen molar-refractivity contribution in [2.75, 3.05) is 12.8 Å². The van der Waals surface area contributed by atoms with Crippen molar-refractivity contribution in [2.24, 2.45) is 0 Å².